The van der Waals surface area contributed by atoms with Crippen molar-refractivity contribution in [3.63, 3.8) is 0 Å². The molecule has 1 aliphatic rings. The SMILES string of the molecule is [2H]C([2H])([2H])[C@@]1(c2nc(Cl)c(Nc3ncc(C(F)(F)F)c(NC)n3)s2)CCNC1=O. The van der Waals surface area contributed by atoms with E-state index in [4.69, 9.17) is 15.7 Å². The van der Waals surface area contributed by atoms with E-state index in [1.54, 1.807) is 0 Å². The number of amides is 1. The lowest BCUT2D eigenvalue weighted by Gasteiger charge is -2.16. The molecule has 26 heavy (non-hydrogen) atoms. The van der Waals surface area contributed by atoms with E-state index in [1.807, 2.05) is 0 Å². The first-order valence-corrected chi connectivity index (χ1v) is 8.43. The first kappa shape index (κ1) is 15.0. The third-order valence-corrected chi connectivity index (χ3v) is 5.20. The minimum atomic E-state index is -4.64. The standard InChI is InChI=1S/C14H14ClF3N6OS/c1-13(3-4-20-10(13)25)11-22-7(15)9(26-11)24-12-21-5-6(14(16,17)18)8(19-2)23-12/h5H,3-4H2,1-2H3,(H,20,25)(H2,19,21,23,24)/t13-/m1/s1/i1D3. The molecule has 3 N–H and O–H groups in total. The Hall–Kier alpha value is -2.14. The third kappa shape index (κ3) is 3.28. The first-order valence-electron chi connectivity index (χ1n) is 8.74. The number of carbonyl (C=O) groups excluding carboxylic acids is 1. The molecule has 0 radical (unpaired) electrons. The van der Waals surface area contributed by atoms with E-state index >= 15 is 0 Å². The van der Waals surface area contributed by atoms with Crippen LogP contribution in [0, 0.1) is 0 Å². The molecule has 0 aromatic carbocycles. The Kier molecular flexibility index (Phi) is 3.77. The predicted octanol–water partition coefficient (Wildman–Crippen LogP) is 3.17. The molecule has 0 saturated carbocycles. The van der Waals surface area contributed by atoms with E-state index < -0.39 is 35.7 Å². The molecule has 0 bridgehead atoms. The maximum absolute atomic E-state index is 13.0. The Balaban J connectivity index is 1.97. The molecule has 7 nitrogen and oxygen atoms in total. The van der Waals surface area contributed by atoms with Gasteiger partial charge in [0.05, 0.1) is 5.41 Å². The van der Waals surface area contributed by atoms with Gasteiger partial charge in [0.2, 0.25) is 11.9 Å². The van der Waals surface area contributed by atoms with Crippen molar-refractivity contribution in [1.82, 2.24) is 20.3 Å². The second kappa shape index (κ2) is 6.54. The number of nitrogens with one attached hydrogen (secondary N) is 3. The van der Waals surface area contributed by atoms with Crippen molar-refractivity contribution in [2.24, 2.45) is 0 Å². The monoisotopic (exact) mass is 409 g/mol. The second-order valence-corrected chi connectivity index (χ2v) is 6.74. The number of thiazole rings is 1. The van der Waals surface area contributed by atoms with Crippen molar-refractivity contribution in [3.05, 3.63) is 21.9 Å². The van der Waals surface area contributed by atoms with Crippen molar-refractivity contribution in [2.75, 3.05) is 24.2 Å². The van der Waals surface area contributed by atoms with Crippen LogP contribution >= 0.6 is 22.9 Å². The van der Waals surface area contributed by atoms with Crippen LogP contribution in [0.25, 0.3) is 0 Å². The van der Waals surface area contributed by atoms with Crippen molar-refractivity contribution >= 4 is 45.6 Å². The van der Waals surface area contributed by atoms with Gasteiger partial charge in [0.1, 0.15) is 21.4 Å². The van der Waals surface area contributed by atoms with Gasteiger partial charge in [-0.2, -0.15) is 18.2 Å². The zero-order valence-corrected chi connectivity index (χ0v) is 14.7. The number of alkyl halides is 3. The molecule has 140 valence electrons. The quantitative estimate of drug-likeness (QED) is 0.718. The van der Waals surface area contributed by atoms with Gasteiger partial charge in [0, 0.05) is 23.9 Å². The van der Waals surface area contributed by atoms with E-state index in [1.165, 1.54) is 7.05 Å². The number of aromatic nitrogens is 3. The zero-order chi connectivity index (χ0) is 21.6. The van der Waals surface area contributed by atoms with Crippen LogP contribution in [-0.4, -0.2) is 34.5 Å². The summed E-state index contributed by atoms with van der Waals surface area (Å²) in [4.78, 5) is 23.7. The Labute approximate surface area is 159 Å². The number of carbonyl (C=O) groups is 1. The molecule has 2 aromatic heterocycles. The van der Waals surface area contributed by atoms with Gasteiger partial charge in [-0.3, -0.25) is 4.79 Å². The molecule has 1 atom stereocenters. The summed E-state index contributed by atoms with van der Waals surface area (Å²) in [5.41, 5.74) is -2.90. The van der Waals surface area contributed by atoms with Crippen LogP contribution in [0.5, 0.6) is 0 Å². The van der Waals surface area contributed by atoms with Crippen molar-refractivity contribution in [3.8, 4) is 0 Å². The van der Waals surface area contributed by atoms with Crippen LogP contribution in [0.3, 0.4) is 0 Å². The number of hydrogen-bond donors (Lipinski definition) is 3. The molecule has 12 heteroatoms. The molecule has 1 amide bonds. The van der Waals surface area contributed by atoms with E-state index in [0.29, 0.717) is 6.20 Å². The molecule has 0 unspecified atom stereocenters. The fourth-order valence-corrected chi connectivity index (χ4v) is 3.60. The topological polar surface area (TPSA) is 91.8 Å². The molecule has 1 saturated heterocycles. The fraction of sp³-hybridized carbons (Fsp3) is 0.429. The average molecular weight is 410 g/mol. The van der Waals surface area contributed by atoms with Gasteiger partial charge < -0.3 is 16.0 Å². The molecule has 3 rings (SSSR count). The van der Waals surface area contributed by atoms with Gasteiger partial charge in [-0.15, -0.1) is 0 Å². The zero-order valence-electron chi connectivity index (χ0n) is 16.2. The normalized spacial score (nSPS) is 22.3. The predicted molar refractivity (Wildman–Crippen MR) is 92.0 cm³/mol. The summed E-state index contributed by atoms with van der Waals surface area (Å²) >= 11 is 6.89. The van der Waals surface area contributed by atoms with E-state index in [9.17, 15) is 18.0 Å². The maximum atomic E-state index is 13.0. The maximum Gasteiger partial charge on any atom is 0.421 e. The van der Waals surface area contributed by atoms with Crippen LogP contribution < -0.4 is 16.0 Å². The summed E-state index contributed by atoms with van der Waals surface area (Å²) in [6.45, 7) is -2.50. The van der Waals surface area contributed by atoms with Crippen molar-refractivity contribution in [1.29, 1.82) is 0 Å². The molecular weight excluding hydrogens is 393 g/mol. The molecular formula is C14H14ClF3N6OS. The summed E-state index contributed by atoms with van der Waals surface area (Å²) in [5, 5.41) is 7.39. The molecule has 0 spiro atoms. The summed E-state index contributed by atoms with van der Waals surface area (Å²) in [6, 6.07) is 0. The number of hydrogen-bond acceptors (Lipinski definition) is 7. The lowest BCUT2D eigenvalue weighted by atomic mass is 9.90. The van der Waals surface area contributed by atoms with Crippen LogP contribution in [0.4, 0.5) is 29.9 Å². The van der Waals surface area contributed by atoms with Gasteiger partial charge in [-0.25, -0.2) is 9.97 Å². The number of rotatable bonds is 4. The number of halogens is 4. The van der Waals surface area contributed by atoms with Crippen LogP contribution in [-0.2, 0) is 16.4 Å². The van der Waals surface area contributed by atoms with Gasteiger partial charge in [0.15, 0.2) is 5.15 Å². The number of anilines is 3. The highest BCUT2D eigenvalue weighted by Gasteiger charge is 2.42. The van der Waals surface area contributed by atoms with Crippen molar-refractivity contribution < 1.29 is 22.1 Å². The molecule has 1 aliphatic heterocycles. The van der Waals surface area contributed by atoms with Gasteiger partial charge in [-0.05, 0) is 13.3 Å². The van der Waals surface area contributed by atoms with Gasteiger partial charge >= 0.3 is 6.18 Å². The highest BCUT2D eigenvalue weighted by Crippen LogP contribution is 2.40. The Morgan fingerprint density at radius 2 is 2.23 bits per heavy atom. The van der Waals surface area contributed by atoms with Gasteiger partial charge in [-0.1, -0.05) is 22.9 Å². The van der Waals surface area contributed by atoms with Crippen LogP contribution in [0.1, 0.15) is 28.0 Å². The average Bonchev–Trinajstić information content (AvgIpc) is 3.17. The largest absolute Gasteiger partial charge is 0.421 e. The first-order chi connectivity index (χ1) is 13.4. The Morgan fingerprint density at radius 1 is 1.46 bits per heavy atom. The van der Waals surface area contributed by atoms with E-state index in [-0.39, 0.29) is 34.1 Å². The summed E-state index contributed by atoms with van der Waals surface area (Å²) in [6.07, 6.45) is -4.04. The Bertz CT molecular complexity index is 954. The summed E-state index contributed by atoms with van der Waals surface area (Å²) < 4.78 is 62.3. The summed E-state index contributed by atoms with van der Waals surface area (Å²) in [5.74, 6) is -1.35. The smallest absolute Gasteiger partial charge is 0.372 e. The molecule has 0 aliphatic carbocycles. The van der Waals surface area contributed by atoms with Crippen LogP contribution in [0.2, 0.25) is 5.15 Å². The highest BCUT2D eigenvalue weighted by atomic mass is 35.5. The molecule has 2 aromatic rings. The van der Waals surface area contributed by atoms with E-state index in [0.717, 1.165) is 11.3 Å². The Morgan fingerprint density at radius 3 is 2.81 bits per heavy atom. The molecule has 3 heterocycles. The number of nitrogens with zero attached hydrogens (tertiary/aromatic N) is 3. The highest BCUT2D eigenvalue weighted by molar-refractivity contribution is 7.16. The fourth-order valence-electron chi connectivity index (χ4n) is 2.33. The van der Waals surface area contributed by atoms with E-state index in [2.05, 4.69) is 30.9 Å². The second-order valence-electron chi connectivity index (χ2n) is 5.38. The molecule has 1 fully saturated rings. The third-order valence-electron chi connectivity index (χ3n) is 3.68. The summed E-state index contributed by atoms with van der Waals surface area (Å²) in [7, 11) is 1.28. The van der Waals surface area contributed by atoms with Gasteiger partial charge in [0.25, 0.3) is 0 Å². The lowest BCUT2D eigenvalue weighted by molar-refractivity contribution is -0.137. The van der Waals surface area contributed by atoms with Crippen molar-refractivity contribution in [2.45, 2.75) is 24.9 Å². The minimum absolute atomic E-state index is 0.00625. The minimum Gasteiger partial charge on any atom is -0.372 e. The lowest BCUT2D eigenvalue weighted by Crippen LogP contribution is -2.32. The van der Waals surface area contributed by atoms with Crippen LogP contribution in [0.15, 0.2) is 6.20 Å².